The van der Waals surface area contributed by atoms with Crippen molar-refractivity contribution in [3.8, 4) is 0 Å². The van der Waals surface area contributed by atoms with Gasteiger partial charge >= 0.3 is 0 Å². The number of alkyl halides is 1. The molecular weight excluding hydrogens is 293 g/mol. The minimum Gasteiger partial charge on any atom is -0.392 e. The summed E-state index contributed by atoms with van der Waals surface area (Å²) in [4.78, 5) is 5.14. The maximum Gasteiger partial charge on any atom is 0.162 e. The van der Waals surface area contributed by atoms with Crippen molar-refractivity contribution in [1.29, 1.82) is 0 Å². The van der Waals surface area contributed by atoms with Crippen LogP contribution in [0.4, 0.5) is 0 Å². The van der Waals surface area contributed by atoms with E-state index in [-0.39, 0.29) is 18.6 Å². The largest absolute Gasteiger partial charge is 0.392 e. The molecule has 2 atom stereocenters. The molecule has 0 fully saturated rings. The van der Waals surface area contributed by atoms with E-state index in [1.54, 1.807) is 0 Å². The van der Waals surface area contributed by atoms with Crippen LogP contribution in [0.3, 0.4) is 0 Å². The summed E-state index contributed by atoms with van der Waals surface area (Å²) in [5.74, 6) is 0.271. The van der Waals surface area contributed by atoms with Crippen molar-refractivity contribution in [2.45, 2.75) is 12.0 Å². The molecule has 0 aromatic heterocycles. The molecule has 1 aromatic carbocycles. The lowest BCUT2D eigenvalue weighted by atomic mass is 9.90. The van der Waals surface area contributed by atoms with Gasteiger partial charge in [-0.3, -0.25) is 0 Å². The SMILES string of the molecule is OCC1ON=C(CCl)C1c1ccc(Br)cc1. The summed E-state index contributed by atoms with van der Waals surface area (Å²) >= 11 is 9.19. The molecule has 0 amide bonds. The zero-order chi connectivity index (χ0) is 11.5. The van der Waals surface area contributed by atoms with Crippen LogP contribution in [0, 0.1) is 0 Å². The lowest BCUT2D eigenvalue weighted by Crippen LogP contribution is -2.25. The Kier molecular flexibility index (Phi) is 3.84. The van der Waals surface area contributed by atoms with Crippen LogP contribution in [-0.4, -0.2) is 29.4 Å². The fraction of sp³-hybridized carbons (Fsp3) is 0.364. The van der Waals surface area contributed by atoms with Gasteiger partial charge in [0, 0.05) is 4.47 Å². The van der Waals surface area contributed by atoms with Crippen LogP contribution in [-0.2, 0) is 4.84 Å². The Balaban J connectivity index is 2.29. The molecular formula is C11H11BrClNO2. The first-order valence-corrected chi connectivity index (χ1v) is 6.24. The number of benzene rings is 1. The van der Waals surface area contributed by atoms with Gasteiger partial charge in [-0.05, 0) is 17.7 Å². The van der Waals surface area contributed by atoms with Gasteiger partial charge in [0.15, 0.2) is 6.10 Å². The average Bonchev–Trinajstić information content (AvgIpc) is 2.73. The van der Waals surface area contributed by atoms with Gasteiger partial charge in [0.2, 0.25) is 0 Å². The monoisotopic (exact) mass is 303 g/mol. The fourth-order valence-corrected chi connectivity index (χ4v) is 2.27. The molecule has 0 saturated heterocycles. The molecule has 0 spiro atoms. The zero-order valence-electron chi connectivity index (χ0n) is 8.44. The quantitative estimate of drug-likeness (QED) is 0.872. The Morgan fingerprint density at radius 1 is 1.38 bits per heavy atom. The second-order valence-electron chi connectivity index (χ2n) is 3.57. The van der Waals surface area contributed by atoms with Crippen LogP contribution in [0.5, 0.6) is 0 Å². The minimum atomic E-state index is -0.324. The van der Waals surface area contributed by atoms with Gasteiger partial charge in [-0.2, -0.15) is 0 Å². The van der Waals surface area contributed by atoms with E-state index in [0.29, 0.717) is 5.88 Å². The smallest absolute Gasteiger partial charge is 0.162 e. The highest BCUT2D eigenvalue weighted by atomic mass is 79.9. The lowest BCUT2D eigenvalue weighted by Gasteiger charge is -2.16. The summed E-state index contributed by atoms with van der Waals surface area (Å²) in [6.45, 7) is -0.0649. The minimum absolute atomic E-state index is 0.0457. The highest BCUT2D eigenvalue weighted by molar-refractivity contribution is 9.10. The molecule has 1 heterocycles. The molecule has 3 nitrogen and oxygen atoms in total. The van der Waals surface area contributed by atoms with Gasteiger partial charge in [0.05, 0.1) is 24.1 Å². The van der Waals surface area contributed by atoms with E-state index in [0.717, 1.165) is 15.7 Å². The van der Waals surface area contributed by atoms with Crippen LogP contribution < -0.4 is 0 Å². The number of oxime groups is 1. The van der Waals surface area contributed by atoms with Crippen molar-refractivity contribution in [2.24, 2.45) is 5.16 Å². The Morgan fingerprint density at radius 3 is 2.62 bits per heavy atom. The van der Waals surface area contributed by atoms with E-state index in [4.69, 9.17) is 16.4 Å². The average molecular weight is 305 g/mol. The molecule has 86 valence electrons. The number of hydrogen-bond acceptors (Lipinski definition) is 3. The van der Waals surface area contributed by atoms with E-state index in [2.05, 4.69) is 21.1 Å². The number of aliphatic hydroxyl groups is 1. The molecule has 2 unspecified atom stereocenters. The highest BCUT2D eigenvalue weighted by Crippen LogP contribution is 2.30. The van der Waals surface area contributed by atoms with Crippen LogP contribution >= 0.6 is 27.5 Å². The Morgan fingerprint density at radius 2 is 2.06 bits per heavy atom. The van der Waals surface area contributed by atoms with Crippen molar-refractivity contribution in [3.63, 3.8) is 0 Å². The van der Waals surface area contributed by atoms with E-state index in [1.165, 1.54) is 0 Å². The highest BCUT2D eigenvalue weighted by Gasteiger charge is 2.34. The van der Waals surface area contributed by atoms with Crippen LogP contribution in [0.2, 0.25) is 0 Å². The third-order valence-electron chi connectivity index (χ3n) is 2.58. The lowest BCUT2D eigenvalue weighted by molar-refractivity contribution is 0.0307. The topological polar surface area (TPSA) is 41.8 Å². The van der Waals surface area contributed by atoms with Gasteiger partial charge in [-0.15, -0.1) is 11.6 Å². The molecule has 1 aliphatic heterocycles. The molecule has 5 heteroatoms. The standard InChI is InChI=1S/C11H11BrClNO2/c12-8-3-1-7(2-4-8)11-9(5-13)14-16-10(11)6-15/h1-4,10-11,15H,5-6H2. The molecule has 0 saturated carbocycles. The van der Waals surface area contributed by atoms with Crippen molar-refractivity contribution < 1.29 is 9.94 Å². The first-order chi connectivity index (χ1) is 7.76. The van der Waals surface area contributed by atoms with Crippen molar-refractivity contribution in [1.82, 2.24) is 0 Å². The molecule has 0 bridgehead atoms. The number of nitrogens with zero attached hydrogens (tertiary/aromatic N) is 1. The second kappa shape index (κ2) is 5.17. The van der Waals surface area contributed by atoms with Crippen LogP contribution in [0.1, 0.15) is 11.5 Å². The van der Waals surface area contributed by atoms with E-state index in [1.807, 2.05) is 24.3 Å². The Bertz CT molecular complexity index is 393. The number of rotatable bonds is 3. The Hall–Kier alpha value is -0.580. The summed E-state index contributed by atoms with van der Waals surface area (Å²) < 4.78 is 1.01. The van der Waals surface area contributed by atoms with Crippen molar-refractivity contribution >= 4 is 33.2 Å². The molecule has 0 aliphatic carbocycles. The maximum atomic E-state index is 9.21. The van der Waals surface area contributed by atoms with Gasteiger partial charge in [0.25, 0.3) is 0 Å². The molecule has 0 radical (unpaired) electrons. The summed E-state index contributed by atoms with van der Waals surface area (Å²) in [6, 6.07) is 7.87. The first-order valence-electron chi connectivity index (χ1n) is 4.91. The number of aliphatic hydroxyl groups excluding tert-OH is 1. The Labute approximate surface area is 107 Å². The van der Waals surface area contributed by atoms with Crippen molar-refractivity contribution in [2.75, 3.05) is 12.5 Å². The molecule has 1 N–H and O–H groups in total. The molecule has 1 aliphatic rings. The van der Waals surface area contributed by atoms with Crippen molar-refractivity contribution in [3.05, 3.63) is 34.3 Å². The molecule has 1 aromatic rings. The van der Waals surface area contributed by atoms with Gasteiger partial charge in [-0.1, -0.05) is 33.2 Å². The summed E-state index contributed by atoms with van der Waals surface area (Å²) in [5.41, 5.74) is 1.82. The fourth-order valence-electron chi connectivity index (χ4n) is 1.79. The predicted octanol–water partition coefficient (Wildman–Crippen LogP) is 2.52. The first kappa shape index (κ1) is 11.9. The third kappa shape index (κ3) is 2.24. The van der Waals surface area contributed by atoms with Crippen LogP contribution in [0.15, 0.2) is 33.9 Å². The van der Waals surface area contributed by atoms with Gasteiger partial charge in [0.1, 0.15) is 0 Å². The van der Waals surface area contributed by atoms with Gasteiger partial charge in [-0.25, -0.2) is 0 Å². The number of halogens is 2. The summed E-state index contributed by atoms with van der Waals surface area (Å²) in [7, 11) is 0. The summed E-state index contributed by atoms with van der Waals surface area (Å²) in [6.07, 6.45) is -0.324. The second-order valence-corrected chi connectivity index (χ2v) is 4.75. The van der Waals surface area contributed by atoms with E-state index >= 15 is 0 Å². The van der Waals surface area contributed by atoms with E-state index in [9.17, 15) is 5.11 Å². The molecule has 16 heavy (non-hydrogen) atoms. The number of hydrogen-bond donors (Lipinski definition) is 1. The van der Waals surface area contributed by atoms with Crippen LogP contribution in [0.25, 0.3) is 0 Å². The molecule has 2 rings (SSSR count). The summed E-state index contributed by atoms with van der Waals surface area (Å²) in [5, 5.41) is 13.1. The zero-order valence-corrected chi connectivity index (χ0v) is 10.8. The predicted molar refractivity (Wildman–Crippen MR) is 67.0 cm³/mol. The third-order valence-corrected chi connectivity index (χ3v) is 3.38. The van der Waals surface area contributed by atoms with Gasteiger partial charge < -0.3 is 9.94 Å². The maximum absolute atomic E-state index is 9.21. The normalized spacial score (nSPS) is 24.1. The van der Waals surface area contributed by atoms with E-state index < -0.39 is 0 Å².